The molecule has 1 aliphatic heterocycles. The van der Waals surface area contributed by atoms with E-state index in [0.717, 1.165) is 25.1 Å². The normalized spacial score (nSPS) is 16.3. The Morgan fingerprint density at radius 1 is 1.15 bits per heavy atom. The largest absolute Gasteiger partial charge is 0.351 e. The fourth-order valence-corrected chi connectivity index (χ4v) is 3.22. The third kappa shape index (κ3) is 4.99. The molecule has 0 aromatic heterocycles. The summed E-state index contributed by atoms with van der Waals surface area (Å²) >= 11 is 0. The second-order valence-corrected chi connectivity index (χ2v) is 6.38. The number of carbonyl (C=O) groups is 2. The maximum Gasteiger partial charge on any atom is 0.316 e. The third-order valence-corrected chi connectivity index (χ3v) is 4.68. The van der Waals surface area contributed by atoms with Crippen LogP contribution in [0, 0.1) is 0 Å². The number of piperazine rings is 1. The number of primary amides is 1. The van der Waals surface area contributed by atoms with Crippen molar-refractivity contribution in [1.82, 2.24) is 10.2 Å². The summed E-state index contributed by atoms with van der Waals surface area (Å²) in [6, 6.07) is 14.6. The lowest BCUT2D eigenvalue weighted by Gasteiger charge is -2.36. The summed E-state index contributed by atoms with van der Waals surface area (Å²) in [5.74, 6) is -0.0123. The predicted octanol–water partition coefficient (Wildman–Crippen LogP) is 2.95. The second kappa shape index (κ2) is 9.39. The molecule has 27 heavy (non-hydrogen) atoms. The average Bonchev–Trinajstić information content (AvgIpc) is 2.68. The summed E-state index contributed by atoms with van der Waals surface area (Å²) in [5.41, 5.74) is 8.69. The van der Waals surface area contributed by atoms with Crippen molar-refractivity contribution in [3.8, 4) is 0 Å². The lowest BCUT2D eigenvalue weighted by molar-refractivity contribution is 0.0634. The van der Waals surface area contributed by atoms with E-state index in [1.807, 2.05) is 4.90 Å². The van der Waals surface area contributed by atoms with Gasteiger partial charge in [0.2, 0.25) is 0 Å². The minimum Gasteiger partial charge on any atom is -0.351 e. The number of urea groups is 1. The average molecular weight is 389 g/mol. The smallest absolute Gasteiger partial charge is 0.316 e. The molecular weight excluding hydrogens is 364 g/mol. The van der Waals surface area contributed by atoms with Crippen LogP contribution in [0.2, 0.25) is 0 Å². The Bertz CT molecular complexity index is 778. The monoisotopic (exact) mass is 388 g/mol. The molecular formula is C20H25ClN4O2. The van der Waals surface area contributed by atoms with Gasteiger partial charge in [0.1, 0.15) is 0 Å². The van der Waals surface area contributed by atoms with Gasteiger partial charge in [0.05, 0.1) is 6.04 Å². The molecule has 1 atom stereocenters. The molecule has 1 unspecified atom stereocenters. The number of anilines is 1. The summed E-state index contributed by atoms with van der Waals surface area (Å²) < 4.78 is 0. The van der Waals surface area contributed by atoms with Crippen LogP contribution in [0.3, 0.4) is 0 Å². The highest BCUT2D eigenvalue weighted by atomic mass is 35.5. The molecule has 0 radical (unpaired) electrons. The van der Waals surface area contributed by atoms with E-state index >= 15 is 0 Å². The first-order valence-corrected chi connectivity index (χ1v) is 8.85. The van der Waals surface area contributed by atoms with Gasteiger partial charge in [-0.3, -0.25) is 4.79 Å². The molecule has 2 aromatic rings. The standard InChI is InChI=1S/C20H24N4O2.ClH/c1-2-14-3-5-15(6-4-14)18-13-22-11-12-24(18)19(25)16-7-9-17(10-8-16)23-20(21)26;/h3-10,18,22H,2,11-13H2,1H3,(H3,21,23,26);1H. The van der Waals surface area contributed by atoms with Crippen LogP contribution in [0.4, 0.5) is 10.5 Å². The predicted molar refractivity (Wildman–Crippen MR) is 109 cm³/mol. The third-order valence-electron chi connectivity index (χ3n) is 4.68. The zero-order valence-electron chi connectivity index (χ0n) is 15.3. The van der Waals surface area contributed by atoms with E-state index in [-0.39, 0.29) is 24.4 Å². The molecule has 0 bridgehead atoms. The number of nitrogens with one attached hydrogen (secondary N) is 2. The van der Waals surface area contributed by atoms with Gasteiger partial charge in [-0.05, 0) is 41.8 Å². The van der Waals surface area contributed by atoms with Gasteiger partial charge in [-0.15, -0.1) is 12.4 Å². The Kier molecular flexibility index (Phi) is 7.21. The number of hydrogen-bond acceptors (Lipinski definition) is 3. The lowest BCUT2D eigenvalue weighted by Crippen LogP contribution is -2.48. The summed E-state index contributed by atoms with van der Waals surface area (Å²) in [5, 5.41) is 5.87. The van der Waals surface area contributed by atoms with E-state index in [2.05, 4.69) is 41.8 Å². The van der Waals surface area contributed by atoms with Gasteiger partial charge in [-0.2, -0.15) is 0 Å². The van der Waals surface area contributed by atoms with Crippen molar-refractivity contribution in [3.05, 3.63) is 65.2 Å². The first-order valence-electron chi connectivity index (χ1n) is 8.85. The Morgan fingerprint density at radius 3 is 2.41 bits per heavy atom. The van der Waals surface area contributed by atoms with Crippen molar-refractivity contribution < 1.29 is 9.59 Å². The molecule has 3 amide bonds. The lowest BCUT2D eigenvalue weighted by atomic mass is 10.00. The molecule has 6 nitrogen and oxygen atoms in total. The molecule has 2 aromatic carbocycles. The fraction of sp³-hybridized carbons (Fsp3) is 0.300. The van der Waals surface area contributed by atoms with Crippen molar-refractivity contribution in [2.75, 3.05) is 25.0 Å². The van der Waals surface area contributed by atoms with Gasteiger partial charge in [0.15, 0.2) is 0 Å². The number of rotatable bonds is 4. The first kappa shape index (κ1) is 20.7. The number of hydrogen-bond donors (Lipinski definition) is 3. The Labute approximate surface area is 165 Å². The van der Waals surface area contributed by atoms with Gasteiger partial charge < -0.3 is 21.3 Å². The zero-order chi connectivity index (χ0) is 18.5. The number of benzene rings is 2. The van der Waals surface area contributed by atoms with Crippen molar-refractivity contribution in [1.29, 1.82) is 0 Å². The highest BCUT2D eigenvalue weighted by Gasteiger charge is 2.28. The van der Waals surface area contributed by atoms with Crippen molar-refractivity contribution in [2.24, 2.45) is 5.73 Å². The maximum atomic E-state index is 13.0. The number of aryl methyl sites for hydroxylation is 1. The van der Waals surface area contributed by atoms with Crippen LogP contribution < -0.4 is 16.4 Å². The van der Waals surface area contributed by atoms with Crippen LogP contribution >= 0.6 is 12.4 Å². The molecule has 0 aliphatic carbocycles. The van der Waals surface area contributed by atoms with Crippen LogP contribution in [0.1, 0.15) is 34.5 Å². The number of halogens is 1. The number of amides is 3. The van der Waals surface area contributed by atoms with Crippen LogP contribution in [0.5, 0.6) is 0 Å². The van der Waals surface area contributed by atoms with E-state index in [0.29, 0.717) is 17.8 Å². The van der Waals surface area contributed by atoms with E-state index in [4.69, 9.17) is 5.73 Å². The number of carbonyl (C=O) groups excluding carboxylic acids is 2. The van der Waals surface area contributed by atoms with Crippen LogP contribution in [0.15, 0.2) is 48.5 Å². The molecule has 1 fully saturated rings. The van der Waals surface area contributed by atoms with Crippen molar-refractivity contribution >= 4 is 30.0 Å². The fourth-order valence-electron chi connectivity index (χ4n) is 3.22. The molecule has 1 aliphatic rings. The van der Waals surface area contributed by atoms with E-state index < -0.39 is 6.03 Å². The second-order valence-electron chi connectivity index (χ2n) is 6.38. The van der Waals surface area contributed by atoms with Crippen LogP contribution in [0.25, 0.3) is 0 Å². The number of nitrogens with zero attached hydrogens (tertiary/aromatic N) is 1. The molecule has 7 heteroatoms. The topological polar surface area (TPSA) is 87.5 Å². The van der Waals surface area contributed by atoms with Gasteiger partial charge in [-0.1, -0.05) is 31.2 Å². The number of nitrogens with two attached hydrogens (primary N) is 1. The van der Waals surface area contributed by atoms with Crippen LogP contribution in [-0.4, -0.2) is 36.5 Å². The van der Waals surface area contributed by atoms with Crippen molar-refractivity contribution in [3.63, 3.8) is 0 Å². The van der Waals surface area contributed by atoms with Crippen molar-refractivity contribution in [2.45, 2.75) is 19.4 Å². The SMILES string of the molecule is CCc1ccc(C2CNCCN2C(=O)c2ccc(NC(N)=O)cc2)cc1.Cl. The highest BCUT2D eigenvalue weighted by molar-refractivity contribution is 5.95. The molecule has 0 spiro atoms. The minimum absolute atomic E-state index is 0. The summed E-state index contributed by atoms with van der Waals surface area (Å²) in [4.78, 5) is 25.8. The van der Waals surface area contributed by atoms with Gasteiger partial charge in [-0.25, -0.2) is 4.79 Å². The Morgan fingerprint density at radius 2 is 1.81 bits per heavy atom. The maximum absolute atomic E-state index is 13.0. The Balaban J connectivity index is 0.00000261. The molecule has 1 saturated heterocycles. The summed E-state index contributed by atoms with van der Waals surface area (Å²) in [6.45, 7) is 4.29. The molecule has 3 rings (SSSR count). The Hall–Kier alpha value is -2.57. The van der Waals surface area contributed by atoms with Gasteiger partial charge >= 0.3 is 6.03 Å². The van der Waals surface area contributed by atoms with E-state index in [9.17, 15) is 9.59 Å². The molecule has 4 N–H and O–H groups in total. The molecule has 144 valence electrons. The first-order chi connectivity index (χ1) is 12.6. The van der Waals surface area contributed by atoms with Crippen LogP contribution in [-0.2, 0) is 6.42 Å². The molecule has 0 saturated carbocycles. The zero-order valence-corrected chi connectivity index (χ0v) is 16.1. The quantitative estimate of drug-likeness (QED) is 0.752. The minimum atomic E-state index is -0.623. The summed E-state index contributed by atoms with van der Waals surface area (Å²) in [6.07, 6.45) is 0.998. The van der Waals surface area contributed by atoms with E-state index in [1.165, 1.54) is 5.56 Å². The summed E-state index contributed by atoms with van der Waals surface area (Å²) in [7, 11) is 0. The van der Waals surface area contributed by atoms with E-state index in [1.54, 1.807) is 24.3 Å². The highest BCUT2D eigenvalue weighted by Crippen LogP contribution is 2.25. The molecule has 1 heterocycles. The van der Waals surface area contributed by atoms with Gasteiger partial charge in [0.25, 0.3) is 5.91 Å². The van der Waals surface area contributed by atoms with Gasteiger partial charge in [0, 0.05) is 30.9 Å².